The molecule has 0 unspecified atom stereocenters. The molecule has 0 saturated carbocycles. The summed E-state index contributed by atoms with van der Waals surface area (Å²) < 4.78 is 0. The van der Waals surface area contributed by atoms with E-state index < -0.39 is 22.8 Å². The third-order valence-corrected chi connectivity index (χ3v) is 9.22. The summed E-state index contributed by atoms with van der Waals surface area (Å²) in [5, 5.41) is 18.8. The molecule has 2 aliphatic heterocycles. The smallest absolute Gasteiger partial charge is 0.309 e. The van der Waals surface area contributed by atoms with E-state index in [-0.39, 0.29) is 10.8 Å². The molecule has 6 heteroatoms. The number of hydrogen-bond acceptors (Lipinski definition) is 4. The Bertz CT molecular complexity index is 883. The van der Waals surface area contributed by atoms with Crippen molar-refractivity contribution in [2.45, 2.75) is 107 Å². The minimum Gasteiger partial charge on any atom is -0.481 e. The minimum absolute atomic E-state index is 0.00754. The third-order valence-electron chi connectivity index (χ3n) is 6.88. The van der Waals surface area contributed by atoms with Crippen LogP contribution in [0.15, 0.2) is 43.9 Å². The molecule has 2 N–H and O–H groups in total. The van der Waals surface area contributed by atoms with Crippen LogP contribution in [0.5, 0.6) is 0 Å². The van der Waals surface area contributed by atoms with E-state index in [1.165, 1.54) is 19.6 Å². The van der Waals surface area contributed by atoms with E-state index in [2.05, 4.69) is 52.0 Å². The van der Waals surface area contributed by atoms with Crippen LogP contribution >= 0.6 is 23.5 Å². The maximum Gasteiger partial charge on any atom is 0.309 e. The Hall–Kier alpha value is -1.40. The maximum absolute atomic E-state index is 11.4. The van der Waals surface area contributed by atoms with Gasteiger partial charge in [0.2, 0.25) is 0 Å². The van der Waals surface area contributed by atoms with E-state index in [1.807, 2.05) is 23.5 Å². The molecule has 2 heterocycles. The first kappa shape index (κ1) is 30.8. The Labute approximate surface area is 227 Å². The van der Waals surface area contributed by atoms with Crippen LogP contribution in [0.1, 0.15) is 107 Å². The molecule has 0 aliphatic carbocycles. The minimum atomic E-state index is -0.728. The molecule has 0 spiro atoms. The molecule has 0 saturated heterocycles. The number of carbonyl (C=O) groups is 2. The zero-order chi connectivity index (χ0) is 27.4. The van der Waals surface area contributed by atoms with E-state index in [1.54, 1.807) is 27.7 Å². The molecule has 0 amide bonds. The number of aliphatic carboxylic acids is 2. The van der Waals surface area contributed by atoms with Crippen molar-refractivity contribution in [1.29, 1.82) is 0 Å². The number of allylic oxidation sites excluding steroid dienone is 8. The Kier molecular flexibility index (Phi) is 10.3. The summed E-state index contributed by atoms with van der Waals surface area (Å²) in [6.45, 7) is 16.2. The highest BCUT2D eigenvalue weighted by Gasteiger charge is 2.29. The summed E-state index contributed by atoms with van der Waals surface area (Å²) in [5.74, 6) is -1.46. The second kappa shape index (κ2) is 12.0. The van der Waals surface area contributed by atoms with Crippen LogP contribution in [0.4, 0.5) is 0 Å². The molecular weight excluding hydrogens is 488 g/mol. The van der Waals surface area contributed by atoms with Gasteiger partial charge in [0.25, 0.3) is 0 Å². The van der Waals surface area contributed by atoms with Crippen molar-refractivity contribution in [2.75, 3.05) is 0 Å². The Morgan fingerprint density at radius 1 is 0.639 bits per heavy atom. The van der Waals surface area contributed by atoms with Gasteiger partial charge in [-0.3, -0.25) is 9.59 Å². The van der Waals surface area contributed by atoms with Crippen LogP contribution in [0, 0.1) is 21.7 Å². The number of carboxylic acids is 2. The molecule has 2 aliphatic rings. The monoisotopic (exact) mass is 534 g/mol. The lowest BCUT2D eigenvalue weighted by Crippen LogP contribution is -2.23. The van der Waals surface area contributed by atoms with Crippen LogP contribution in [0.3, 0.4) is 0 Å². The fraction of sp³-hybridized carbons (Fsp3) is 0.667. The topological polar surface area (TPSA) is 74.6 Å². The van der Waals surface area contributed by atoms with Gasteiger partial charge in [0, 0.05) is 10.8 Å². The van der Waals surface area contributed by atoms with E-state index in [9.17, 15) is 19.8 Å². The summed E-state index contributed by atoms with van der Waals surface area (Å²) in [7, 11) is 0. The number of rotatable bonds is 13. The summed E-state index contributed by atoms with van der Waals surface area (Å²) in [6, 6.07) is 0. The zero-order valence-corrected chi connectivity index (χ0v) is 25.1. The Morgan fingerprint density at radius 3 is 1.19 bits per heavy atom. The molecule has 0 fully saturated rings. The van der Waals surface area contributed by atoms with Crippen LogP contribution in [0.25, 0.3) is 0 Å². The number of hydrogen-bond donors (Lipinski definition) is 2. The molecule has 0 bridgehead atoms. The number of thioether (sulfide) groups is 2. The second-order valence-corrected chi connectivity index (χ2v) is 15.4. The predicted octanol–water partition coefficient (Wildman–Crippen LogP) is 9.41. The molecule has 0 aromatic carbocycles. The van der Waals surface area contributed by atoms with Gasteiger partial charge in [0.05, 0.1) is 10.8 Å². The van der Waals surface area contributed by atoms with E-state index >= 15 is 0 Å². The van der Waals surface area contributed by atoms with Gasteiger partial charge in [-0.2, -0.15) is 0 Å². The zero-order valence-electron chi connectivity index (χ0n) is 23.5. The fourth-order valence-corrected chi connectivity index (χ4v) is 7.59. The lowest BCUT2D eigenvalue weighted by atomic mass is 9.86. The molecule has 0 aromatic heterocycles. The first-order chi connectivity index (χ1) is 16.4. The summed E-state index contributed by atoms with van der Waals surface area (Å²) in [6.07, 6.45) is 16.4. The van der Waals surface area contributed by atoms with Crippen LogP contribution in [-0.4, -0.2) is 22.2 Å². The molecule has 2 rings (SSSR count). The van der Waals surface area contributed by atoms with E-state index in [4.69, 9.17) is 0 Å². The average molecular weight is 535 g/mol. The lowest BCUT2D eigenvalue weighted by Gasteiger charge is -2.29. The van der Waals surface area contributed by atoms with Crippen molar-refractivity contribution in [3.8, 4) is 0 Å². The van der Waals surface area contributed by atoms with Crippen LogP contribution in [-0.2, 0) is 9.59 Å². The van der Waals surface area contributed by atoms with Crippen molar-refractivity contribution in [1.82, 2.24) is 0 Å². The van der Waals surface area contributed by atoms with Gasteiger partial charge >= 0.3 is 11.9 Å². The highest BCUT2D eigenvalue weighted by atomic mass is 32.2. The van der Waals surface area contributed by atoms with Crippen LogP contribution < -0.4 is 0 Å². The summed E-state index contributed by atoms with van der Waals surface area (Å²) >= 11 is 3.74. The van der Waals surface area contributed by atoms with Crippen molar-refractivity contribution in [3.05, 3.63) is 43.9 Å². The Balaban J connectivity index is 1.93. The fourth-order valence-electron chi connectivity index (χ4n) is 4.56. The van der Waals surface area contributed by atoms with E-state index in [0.717, 1.165) is 38.5 Å². The first-order valence-electron chi connectivity index (χ1n) is 13.1. The highest BCUT2D eigenvalue weighted by Crippen LogP contribution is 2.47. The van der Waals surface area contributed by atoms with Gasteiger partial charge in [0.15, 0.2) is 0 Å². The third kappa shape index (κ3) is 9.81. The quantitative estimate of drug-likeness (QED) is 0.245. The van der Waals surface area contributed by atoms with Gasteiger partial charge < -0.3 is 10.2 Å². The summed E-state index contributed by atoms with van der Waals surface area (Å²) in [5.41, 5.74) is -1.35. The summed E-state index contributed by atoms with van der Waals surface area (Å²) in [4.78, 5) is 28.4. The highest BCUT2D eigenvalue weighted by molar-refractivity contribution is 8.07. The van der Waals surface area contributed by atoms with Gasteiger partial charge in [-0.15, -0.1) is 0 Å². The number of carboxylic acid groups (broad SMARTS) is 2. The van der Waals surface area contributed by atoms with Gasteiger partial charge in [-0.1, -0.05) is 75.5 Å². The van der Waals surface area contributed by atoms with Gasteiger partial charge in [-0.25, -0.2) is 0 Å². The molecule has 0 aromatic rings. The molecule has 36 heavy (non-hydrogen) atoms. The largest absolute Gasteiger partial charge is 0.481 e. The Morgan fingerprint density at radius 2 is 0.917 bits per heavy atom. The molecule has 202 valence electrons. The predicted molar refractivity (Wildman–Crippen MR) is 155 cm³/mol. The second-order valence-electron chi connectivity index (χ2n) is 12.9. The van der Waals surface area contributed by atoms with E-state index in [0.29, 0.717) is 12.8 Å². The van der Waals surface area contributed by atoms with Gasteiger partial charge in [0.1, 0.15) is 0 Å². The SMILES string of the molecule is CC1(C)C=C(CCCC(C)(C)C(=O)O)SC(CCC2=CC(C)(C)C=C(CCCC(C)(C)C(=O)O)S2)=C1. The standard InChI is InChI=1S/C30H46O4S2/c1-27(2)17-21(11-9-15-29(5,6)25(31)32)35-23(19-27)13-14-24-20-28(3,4)18-22(36-24)12-10-16-30(7,8)26(33)34/h17-20H,9-16H2,1-8H3,(H,31,32)(H,33,34). The van der Waals surface area contributed by atoms with Crippen molar-refractivity contribution in [3.63, 3.8) is 0 Å². The normalized spacial score (nSPS) is 19.7. The maximum atomic E-state index is 11.4. The van der Waals surface area contributed by atoms with Crippen LogP contribution in [0.2, 0.25) is 0 Å². The average Bonchev–Trinajstić information content (AvgIpc) is 2.69. The molecule has 0 atom stereocenters. The first-order valence-corrected chi connectivity index (χ1v) is 14.7. The van der Waals surface area contributed by atoms with Gasteiger partial charge in [-0.05, 0) is 98.7 Å². The molecule has 0 radical (unpaired) electrons. The van der Waals surface area contributed by atoms with Crippen molar-refractivity contribution < 1.29 is 19.8 Å². The van der Waals surface area contributed by atoms with Crippen molar-refractivity contribution >= 4 is 35.5 Å². The van der Waals surface area contributed by atoms with Crippen molar-refractivity contribution in [2.24, 2.45) is 21.7 Å². The molecular formula is C30H46O4S2. The lowest BCUT2D eigenvalue weighted by molar-refractivity contribution is -0.148. The molecule has 4 nitrogen and oxygen atoms in total.